The predicted octanol–water partition coefficient (Wildman–Crippen LogP) is 0.843. The summed E-state index contributed by atoms with van der Waals surface area (Å²) in [5, 5.41) is 4.01. The second-order valence-electron chi connectivity index (χ2n) is 4.11. The number of hydrogen-bond donors (Lipinski definition) is 2. The Hall–Kier alpha value is -2.83. The van der Waals surface area contributed by atoms with Crippen molar-refractivity contribution >= 4 is 23.9 Å². The lowest BCUT2D eigenvalue weighted by Crippen LogP contribution is -2.51. The topological polar surface area (TPSA) is 93.7 Å². The molecule has 2 rings (SSSR count). The average molecular weight is 290 g/mol. The Morgan fingerprint density at radius 1 is 1.14 bits per heavy atom. The van der Waals surface area contributed by atoms with Crippen molar-refractivity contribution in [2.75, 3.05) is 13.7 Å². The van der Waals surface area contributed by atoms with E-state index in [1.165, 1.54) is 13.2 Å². The Morgan fingerprint density at radius 2 is 1.81 bits per heavy atom. The van der Waals surface area contributed by atoms with Gasteiger partial charge in [-0.05, 0) is 19.1 Å². The Balaban J connectivity index is 2.44. The molecule has 0 saturated carbocycles. The molecule has 0 aliphatic carbocycles. The summed E-state index contributed by atoms with van der Waals surface area (Å²) in [6, 6.07) is 4.27. The number of nitrogens with one attached hydrogen (secondary N) is 2. The molecule has 0 aromatic heterocycles. The summed E-state index contributed by atoms with van der Waals surface area (Å²) in [6.45, 7) is 2.28. The standard InChI is InChI=1S/C14H14N2O5/c1-3-21-10-6-4-5-8(11(10)20-2)7-9-12(17)15-14(19)16-13(9)18/h4-7H,3H2,1-2H3,(H2,15,16,17,18,19). The van der Waals surface area contributed by atoms with Crippen LogP contribution in [0.1, 0.15) is 12.5 Å². The molecule has 1 saturated heterocycles. The van der Waals surface area contributed by atoms with Crippen LogP contribution in [0.15, 0.2) is 23.8 Å². The third kappa shape index (κ3) is 3.02. The van der Waals surface area contributed by atoms with Crippen LogP contribution in [0.25, 0.3) is 6.08 Å². The zero-order valence-corrected chi connectivity index (χ0v) is 11.6. The van der Waals surface area contributed by atoms with E-state index < -0.39 is 17.8 Å². The number of ether oxygens (including phenoxy) is 2. The molecule has 7 heteroatoms. The first-order chi connectivity index (χ1) is 10.1. The summed E-state index contributed by atoms with van der Waals surface area (Å²) in [7, 11) is 1.46. The van der Waals surface area contributed by atoms with Gasteiger partial charge in [0.1, 0.15) is 5.57 Å². The molecule has 1 aliphatic heterocycles. The van der Waals surface area contributed by atoms with Crippen molar-refractivity contribution < 1.29 is 23.9 Å². The summed E-state index contributed by atoms with van der Waals surface area (Å²) >= 11 is 0. The van der Waals surface area contributed by atoms with Crippen LogP contribution >= 0.6 is 0 Å². The Labute approximate surface area is 120 Å². The molecule has 0 radical (unpaired) electrons. The van der Waals surface area contributed by atoms with Gasteiger partial charge in [-0.2, -0.15) is 0 Å². The Morgan fingerprint density at radius 3 is 2.38 bits per heavy atom. The van der Waals surface area contributed by atoms with E-state index in [0.29, 0.717) is 23.7 Å². The molecule has 2 N–H and O–H groups in total. The number of carbonyl (C=O) groups is 3. The van der Waals surface area contributed by atoms with Gasteiger partial charge in [0.25, 0.3) is 11.8 Å². The van der Waals surface area contributed by atoms with Crippen molar-refractivity contribution in [1.82, 2.24) is 10.6 Å². The van der Waals surface area contributed by atoms with Crippen molar-refractivity contribution in [2.45, 2.75) is 6.92 Å². The predicted molar refractivity (Wildman–Crippen MR) is 73.8 cm³/mol. The lowest BCUT2D eigenvalue weighted by Gasteiger charge is -2.15. The quantitative estimate of drug-likeness (QED) is 0.633. The number of carbonyl (C=O) groups excluding carboxylic acids is 3. The van der Waals surface area contributed by atoms with Gasteiger partial charge in [0.15, 0.2) is 11.5 Å². The second kappa shape index (κ2) is 6.08. The maximum atomic E-state index is 11.7. The van der Waals surface area contributed by atoms with E-state index in [9.17, 15) is 14.4 Å². The molecule has 1 heterocycles. The molecule has 21 heavy (non-hydrogen) atoms. The van der Waals surface area contributed by atoms with Crippen LogP contribution < -0.4 is 20.1 Å². The minimum Gasteiger partial charge on any atom is -0.492 e. The number of urea groups is 1. The van der Waals surface area contributed by atoms with E-state index in [0.717, 1.165) is 0 Å². The van der Waals surface area contributed by atoms with E-state index in [4.69, 9.17) is 9.47 Å². The van der Waals surface area contributed by atoms with Gasteiger partial charge in [-0.15, -0.1) is 0 Å². The summed E-state index contributed by atoms with van der Waals surface area (Å²) in [5.74, 6) is -0.605. The van der Waals surface area contributed by atoms with E-state index in [1.807, 2.05) is 17.6 Å². The molecule has 1 aliphatic rings. The SMILES string of the molecule is CCOc1cccc(C=C2C(=O)NC(=O)NC2=O)c1OC. The number of methoxy groups -OCH3 is 1. The summed E-state index contributed by atoms with van der Waals surface area (Å²) < 4.78 is 10.7. The monoisotopic (exact) mass is 290 g/mol. The maximum absolute atomic E-state index is 11.7. The van der Waals surface area contributed by atoms with Crippen molar-refractivity contribution in [3.8, 4) is 11.5 Å². The van der Waals surface area contributed by atoms with Crippen LogP contribution in [0.4, 0.5) is 4.79 Å². The van der Waals surface area contributed by atoms with Crippen LogP contribution in [0, 0.1) is 0 Å². The highest BCUT2D eigenvalue weighted by molar-refractivity contribution is 6.31. The molecule has 0 atom stereocenters. The number of rotatable bonds is 4. The summed E-state index contributed by atoms with van der Waals surface area (Å²) in [4.78, 5) is 34.4. The van der Waals surface area contributed by atoms with E-state index in [1.54, 1.807) is 18.2 Å². The van der Waals surface area contributed by atoms with Crippen molar-refractivity contribution in [1.29, 1.82) is 0 Å². The van der Waals surface area contributed by atoms with Gasteiger partial charge in [0, 0.05) is 5.56 Å². The molecule has 0 spiro atoms. The number of amides is 4. The Kier molecular flexibility index (Phi) is 4.22. The highest BCUT2D eigenvalue weighted by Gasteiger charge is 2.28. The summed E-state index contributed by atoms with van der Waals surface area (Å²) in [5.41, 5.74) is 0.319. The molecule has 7 nitrogen and oxygen atoms in total. The number of para-hydroxylation sites is 1. The molecule has 0 bridgehead atoms. The number of hydrogen-bond acceptors (Lipinski definition) is 5. The van der Waals surface area contributed by atoms with Gasteiger partial charge in [-0.1, -0.05) is 12.1 Å². The molecular weight excluding hydrogens is 276 g/mol. The zero-order chi connectivity index (χ0) is 15.4. The first kappa shape index (κ1) is 14.6. The molecule has 4 amide bonds. The largest absolute Gasteiger partial charge is 0.492 e. The molecule has 0 unspecified atom stereocenters. The molecule has 1 aromatic carbocycles. The van der Waals surface area contributed by atoms with Crippen molar-refractivity contribution in [3.05, 3.63) is 29.3 Å². The maximum Gasteiger partial charge on any atom is 0.328 e. The number of benzene rings is 1. The zero-order valence-electron chi connectivity index (χ0n) is 11.6. The first-order valence-electron chi connectivity index (χ1n) is 6.25. The normalized spacial score (nSPS) is 14.4. The van der Waals surface area contributed by atoms with Gasteiger partial charge >= 0.3 is 6.03 Å². The van der Waals surface area contributed by atoms with E-state index >= 15 is 0 Å². The lowest BCUT2D eigenvalue weighted by molar-refractivity contribution is -0.123. The van der Waals surface area contributed by atoms with Gasteiger partial charge in [0.2, 0.25) is 0 Å². The third-order valence-electron chi connectivity index (χ3n) is 2.76. The smallest absolute Gasteiger partial charge is 0.328 e. The molecule has 1 aromatic rings. The molecular formula is C14H14N2O5. The second-order valence-corrected chi connectivity index (χ2v) is 4.11. The average Bonchev–Trinajstić information content (AvgIpc) is 2.43. The minimum absolute atomic E-state index is 0.179. The summed E-state index contributed by atoms with van der Waals surface area (Å²) in [6.07, 6.45) is 1.35. The highest BCUT2D eigenvalue weighted by atomic mass is 16.5. The van der Waals surface area contributed by atoms with Gasteiger partial charge < -0.3 is 9.47 Å². The van der Waals surface area contributed by atoms with Gasteiger partial charge in [0.05, 0.1) is 13.7 Å². The first-order valence-corrected chi connectivity index (χ1v) is 6.25. The number of imide groups is 2. The van der Waals surface area contributed by atoms with Crippen molar-refractivity contribution in [2.24, 2.45) is 0 Å². The van der Waals surface area contributed by atoms with E-state index in [-0.39, 0.29) is 5.57 Å². The van der Waals surface area contributed by atoms with Crippen molar-refractivity contribution in [3.63, 3.8) is 0 Å². The fourth-order valence-corrected chi connectivity index (χ4v) is 1.90. The van der Waals surface area contributed by atoms with Gasteiger partial charge in [-0.25, -0.2) is 4.79 Å². The lowest BCUT2D eigenvalue weighted by atomic mass is 10.1. The van der Waals surface area contributed by atoms with Crippen LogP contribution in [0.3, 0.4) is 0 Å². The highest BCUT2D eigenvalue weighted by Crippen LogP contribution is 2.32. The third-order valence-corrected chi connectivity index (χ3v) is 2.76. The van der Waals surface area contributed by atoms with Crippen LogP contribution in [0.5, 0.6) is 11.5 Å². The Bertz CT molecular complexity index is 614. The fraction of sp³-hybridized carbons (Fsp3) is 0.214. The van der Waals surface area contributed by atoms with Gasteiger partial charge in [-0.3, -0.25) is 20.2 Å². The van der Waals surface area contributed by atoms with E-state index in [2.05, 4.69) is 0 Å². The number of barbiturate groups is 1. The molecule has 110 valence electrons. The fourth-order valence-electron chi connectivity index (χ4n) is 1.90. The van der Waals surface area contributed by atoms with Crippen LogP contribution in [-0.2, 0) is 9.59 Å². The molecule has 1 fully saturated rings. The van der Waals surface area contributed by atoms with Crippen LogP contribution in [-0.4, -0.2) is 31.6 Å². The van der Waals surface area contributed by atoms with Crippen LogP contribution in [0.2, 0.25) is 0 Å². The minimum atomic E-state index is -0.836.